The fourth-order valence-corrected chi connectivity index (χ4v) is 3.91. The summed E-state index contributed by atoms with van der Waals surface area (Å²) in [5.41, 5.74) is 0. The summed E-state index contributed by atoms with van der Waals surface area (Å²) >= 11 is 0. The first-order valence-corrected chi connectivity index (χ1v) is 10.1. The molecule has 0 aromatic heterocycles. The van der Waals surface area contributed by atoms with Crippen molar-refractivity contribution in [1.29, 1.82) is 0 Å². The second kappa shape index (κ2) is 12.8. The highest BCUT2D eigenvalue weighted by molar-refractivity contribution is 14.0. The highest BCUT2D eigenvalue weighted by Gasteiger charge is 2.23. The molecule has 2 fully saturated rings. The van der Waals surface area contributed by atoms with Crippen LogP contribution < -0.4 is 10.6 Å². The van der Waals surface area contributed by atoms with E-state index < -0.39 is 0 Å². The largest absolute Gasteiger partial charge is 0.359 e. The Morgan fingerprint density at radius 2 is 1.88 bits per heavy atom. The molecule has 2 heterocycles. The number of halogens is 1. The Balaban J connectivity index is 0.00000338. The summed E-state index contributed by atoms with van der Waals surface area (Å²) in [6.07, 6.45) is 6.82. The molecule has 0 aromatic carbocycles. The molecular formula is C19H38IN5O. The van der Waals surface area contributed by atoms with Crippen LogP contribution in [0.2, 0.25) is 0 Å². The lowest BCUT2D eigenvalue weighted by Gasteiger charge is -2.35. The van der Waals surface area contributed by atoms with Crippen molar-refractivity contribution in [2.75, 3.05) is 46.3 Å². The van der Waals surface area contributed by atoms with E-state index in [1.165, 1.54) is 25.8 Å². The van der Waals surface area contributed by atoms with Crippen LogP contribution in [0.4, 0.5) is 0 Å². The molecule has 2 aliphatic heterocycles. The molecule has 0 radical (unpaired) electrons. The van der Waals surface area contributed by atoms with Gasteiger partial charge in [0.2, 0.25) is 5.91 Å². The van der Waals surface area contributed by atoms with Crippen LogP contribution in [0.25, 0.3) is 0 Å². The first-order chi connectivity index (χ1) is 12.1. The third-order valence-corrected chi connectivity index (χ3v) is 5.59. The fraction of sp³-hybridized carbons (Fsp3) is 0.895. The quantitative estimate of drug-likeness (QED) is 0.349. The molecule has 7 heteroatoms. The number of nitrogens with zero attached hydrogens (tertiary/aromatic N) is 3. The maximum atomic E-state index is 11.6. The molecule has 1 atom stereocenters. The number of piperidine rings is 2. The topological polar surface area (TPSA) is 60.0 Å². The summed E-state index contributed by atoms with van der Waals surface area (Å²) in [6.45, 7) is 10.5. The van der Waals surface area contributed by atoms with E-state index in [1.54, 1.807) is 7.05 Å². The van der Waals surface area contributed by atoms with Crippen LogP contribution in [0.3, 0.4) is 0 Å². The summed E-state index contributed by atoms with van der Waals surface area (Å²) in [6, 6.07) is 0.701. The van der Waals surface area contributed by atoms with Gasteiger partial charge >= 0.3 is 0 Å². The predicted molar refractivity (Wildman–Crippen MR) is 119 cm³/mol. The van der Waals surface area contributed by atoms with Gasteiger partial charge in [-0.3, -0.25) is 14.7 Å². The number of amides is 1. The number of nitrogens with one attached hydrogen (secondary N) is 2. The van der Waals surface area contributed by atoms with Crippen molar-refractivity contribution < 1.29 is 4.79 Å². The van der Waals surface area contributed by atoms with E-state index in [4.69, 9.17) is 4.99 Å². The average Bonchev–Trinajstić information content (AvgIpc) is 2.63. The smallest absolute Gasteiger partial charge is 0.220 e. The Hall–Kier alpha value is -0.570. The molecule has 0 saturated carbocycles. The summed E-state index contributed by atoms with van der Waals surface area (Å²) in [7, 11) is 1.72. The number of likely N-dealkylation sites (tertiary alicyclic amines) is 2. The molecule has 1 amide bonds. The minimum absolute atomic E-state index is 0. The minimum Gasteiger partial charge on any atom is -0.359 e. The summed E-state index contributed by atoms with van der Waals surface area (Å²) in [5, 5.41) is 6.18. The van der Waals surface area contributed by atoms with Gasteiger partial charge in [0.15, 0.2) is 5.96 Å². The summed E-state index contributed by atoms with van der Waals surface area (Å²) in [4.78, 5) is 21.4. The van der Waals surface area contributed by atoms with Gasteiger partial charge in [0, 0.05) is 45.7 Å². The van der Waals surface area contributed by atoms with Crippen molar-refractivity contribution in [1.82, 2.24) is 20.4 Å². The van der Waals surface area contributed by atoms with Gasteiger partial charge in [0.1, 0.15) is 0 Å². The van der Waals surface area contributed by atoms with Crippen molar-refractivity contribution in [2.45, 2.75) is 58.4 Å². The van der Waals surface area contributed by atoms with E-state index in [1.807, 2.05) is 0 Å². The lowest BCUT2D eigenvalue weighted by Crippen LogP contribution is -2.46. The van der Waals surface area contributed by atoms with Gasteiger partial charge in [-0.2, -0.15) is 0 Å². The number of carbonyl (C=O) groups is 1. The summed E-state index contributed by atoms with van der Waals surface area (Å²) in [5.74, 6) is 1.72. The van der Waals surface area contributed by atoms with Gasteiger partial charge in [0.25, 0.3) is 0 Å². The van der Waals surface area contributed by atoms with Crippen LogP contribution in [0.15, 0.2) is 4.99 Å². The first kappa shape index (κ1) is 23.5. The number of hydrogen-bond acceptors (Lipinski definition) is 3. The van der Waals surface area contributed by atoms with Crippen molar-refractivity contribution in [2.24, 2.45) is 10.9 Å². The molecule has 2 saturated heterocycles. The molecule has 2 rings (SSSR count). The van der Waals surface area contributed by atoms with E-state index in [0.29, 0.717) is 18.4 Å². The molecule has 152 valence electrons. The zero-order chi connectivity index (χ0) is 18.1. The Labute approximate surface area is 176 Å². The maximum absolute atomic E-state index is 11.6. The van der Waals surface area contributed by atoms with Gasteiger partial charge < -0.3 is 15.5 Å². The molecule has 0 spiro atoms. The Kier molecular flexibility index (Phi) is 11.5. The first-order valence-electron chi connectivity index (χ1n) is 10.1. The second-order valence-electron chi connectivity index (χ2n) is 7.42. The third-order valence-electron chi connectivity index (χ3n) is 5.59. The maximum Gasteiger partial charge on any atom is 0.220 e. The molecule has 2 N–H and O–H groups in total. The summed E-state index contributed by atoms with van der Waals surface area (Å²) < 4.78 is 0. The molecule has 0 aromatic rings. The monoisotopic (exact) mass is 479 g/mol. The molecule has 0 bridgehead atoms. The van der Waals surface area contributed by atoms with Crippen LogP contribution in [-0.2, 0) is 4.79 Å². The Morgan fingerprint density at radius 1 is 1.15 bits per heavy atom. The minimum atomic E-state index is 0. The normalized spacial score (nSPS) is 22.7. The van der Waals surface area contributed by atoms with E-state index in [0.717, 1.165) is 51.5 Å². The lowest BCUT2D eigenvalue weighted by atomic mass is 9.93. The molecular weight excluding hydrogens is 441 g/mol. The van der Waals surface area contributed by atoms with Gasteiger partial charge in [-0.05, 0) is 52.0 Å². The SMILES string of the molecule is CCNC(=NCCN1CCCCC1C)N1CCC(CC(=O)NC)CC1.I. The molecule has 26 heavy (non-hydrogen) atoms. The van der Waals surface area contributed by atoms with Crippen molar-refractivity contribution in [3.05, 3.63) is 0 Å². The van der Waals surface area contributed by atoms with Crippen LogP contribution >= 0.6 is 24.0 Å². The van der Waals surface area contributed by atoms with Crippen molar-refractivity contribution >= 4 is 35.8 Å². The van der Waals surface area contributed by atoms with Crippen LogP contribution in [-0.4, -0.2) is 74.0 Å². The molecule has 0 aliphatic carbocycles. The van der Waals surface area contributed by atoms with E-state index in [9.17, 15) is 4.79 Å². The Morgan fingerprint density at radius 3 is 2.50 bits per heavy atom. The van der Waals surface area contributed by atoms with Gasteiger partial charge in [-0.15, -0.1) is 24.0 Å². The zero-order valence-corrected chi connectivity index (χ0v) is 19.1. The van der Waals surface area contributed by atoms with E-state index in [-0.39, 0.29) is 29.9 Å². The van der Waals surface area contributed by atoms with Crippen LogP contribution in [0.5, 0.6) is 0 Å². The van der Waals surface area contributed by atoms with Crippen LogP contribution in [0.1, 0.15) is 52.4 Å². The van der Waals surface area contributed by atoms with Crippen molar-refractivity contribution in [3.63, 3.8) is 0 Å². The van der Waals surface area contributed by atoms with Gasteiger partial charge in [0.05, 0.1) is 6.54 Å². The highest BCUT2D eigenvalue weighted by atomic mass is 127. The number of guanidine groups is 1. The molecule has 2 aliphatic rings. The molecule has 6 nitrogen and oxygen atoms in total. The highest BCUT2D eigenvalue weighted by Crippen LogP contribution is 2.20. The van der Waals surface area contributed by atoms with Crippen LogP contribution in [0, 0.1) is 5.92 Å². The van der Waals surface area contributed by atoms with Gasteiger partial charge in [-0.25, -0.2) is 0 Å². The molecule has 1 unspecified atom stereocenters. The zero-order valence-electron chi connectivity index (χ0n) is 16.8. The fourth-order valence-electron chi connectivity index (χ4n) is 3.91. The second-order valence-corrected chi connectivity index (χ2v) is 7.42. The number of carbonyl (C=O) groups excluding carboxylic acids is 1. The lowest BCUT2D eigenvalue weighted by molar-refractivity contribution is -0.121. The van der Waals surface area contributed by atoms with E-state index in [2.05, 4.69) is 34.3 Å². The predicted octanol–water partition coefficient (Wildman–Crippen LogP) is 2.29. The third kappa shape index (κ3) is 7.58. The number of rotatable bonds is 6. The van der Waals surface area contributed by atoms with Gasteiger partial charge in [-0.1, -0.05) is 6.42 Å². The average molecular weight is 479 g/mol. The van der Waals surface area contributed by atoms with Crippen molar-refractivity contribution in [3.8, 4) is 0 Å². The number of hydrogen-bond donors (Lipinski definition) is 2. The number of aliphatic imine (C=N–C) groups is 1. The standard InChI is InChI=1S/C19H37N5O.HI/c1-4-21-19(22-10-14-23-11-6-5-7-16(23)2)24-12-8-17(9-13-24)15-18(25)20-3;/h16-17H,4-15H2,1-3H3,(H,20,25)(H,21,22);1H. The Bertz CT molecular complexity index is 438. The van der Waals surface area contributed by atoms with E-state index >= 15 is 0 Å².